The summed E-state index contributed by atoms with van der Waals surface area (Å²) in [5.74, 6) is -0.470. The van der Waals surface area contributed by atoms with Gasteiger partial charge in [-0.15, -0.1) is 12.4 Å². The zero-order chi connectivity index (χ0) is 11.8. The first-order valence-electron chi connectivity index (χ1n) is 5.04. The lowest BCUT2D eigenvalue weighted by molar-refractivity contribution is -0.124. The molecule has 0 aliphatic heterocycles. The summed E-state index contributed by atoms with van der Waals surface area (Å²) >= 11 is 0. The first kappa shape index (κ1) is 15.4. The molecule has 1 aromatic carbocycles. The van der Waals surface area contributed by atoms with E-state index in [2.05, 4.69) is 10.6 Å². The molecule has 94 valence electrons. The number of nitrogens with two attached hydrogens (primary N) is 1. The van der Waals surface area contributed by atoms with Gasteiger partial charge in [-0.2, -0.15) is 0 Å². The Hall–Kier alpha value is -1.59. The monoisotopic (exact) mass is 257 g/mol. The Bertz CT molecular complexity index is 357. The highest BCUT2D eigenvalue weighted by molar-refractivity contribution is 5.94. The molecule has 0 atom stereocenters. The number of halogens is 1. The Morgan fingerprint density at radius 2 is 1.76 bits per heavy atom. The van der Waals surface area contributed by atoms with Gasteiger partial charge in [-0.25, -0.2) is 0 Å². The molecule has 0 heterocycles. The van der Waals surface area contributed by atoms with Gasteiger partial charge in [0, 0.05) is 18.7 Å². The van der Waals surface area contributed by atoms with E-state index >= 15 is 0 Å². The summed E-state index contributed by atoms with van der Waals surface area (Å²) in [6, 6.07) is 9.06. The maximum absolute atomic E-state index is 11.4. The Kier molecular flexibility index (Phi) is 7.75. The van der Waals surface area contributed by atoms with Crippen molar-refractivity contribution in [1.82, 2.24) is 5.32 Å². The third-order valence-corrected chi connectivity index (χ3v) is 1.88. The molecule has 6 heteroatoms. The molecule has 17 heavy (non-hydrogen) atoms. The second-order valence-corrected chi connectivity index (χ2v) is 3.23. The van der Waals surface area contributed by atoms with Crippen molar-refractivity contribution < 1.29 is 9.59 Å². The van der Waals surface area contributed by atoms with Gasteiger partial charge >= 0.3 is 0 Å². The van der Waals surface area contributed by atoms with Crippen molar-refractivity contribution in [3.63, 3.8) is 0 Å². The van der Waals surface area contributed by atoms with Gasteiger partial charge in [0.25, 0.3) is 0 Å². The Labute approximate surface area is 106 Å². The summed E-state index contributed by atoms with van der Waals surface area (Å²) in [5, 5.41) is 5.13. The minimum absolute atomic E-state index is 0. The highest BCUT2D eigenvalue weighted by Gasteiger charge is 2.04. The van der Waals surface area contributed by atoms with Crippen LogP contribution in [-0.4, -0.2) is 24.9 Å². The normalized spacial score (nSPS) is 9.00. The van der Waals surface area contributed by atoms with Gasteiger partial charge < -0.3 is 16.4 Å². The highest BCUT2D eigenvalue weighted by Crippen LogP contribution is 2.03. The number of carbonyl (C=O) groups excluding carboxylic acids is 2. The smallest absolute Gasteiger partial charge is 0.243 e. The molecule has 0 saturated heterocycles. The summed E-state index contributed by atoms with van der Waals surface area (Å²) in [6.07, 6.45) is 0.235. The topological polar surface area (TPSA) is 84.2 Å². The molecule has 1 aromatic rings. The number of anilines is 1. The van der Waals surface area contributed by atoms with E-state index in [1.54, 1.807) is 12.1 Å². The second kappa shape index (κ2) is 8.55. The van der Waals surface area contributed by atoms with E-state index in [9.17, 15) is 9.59 Å². The predicted octanol–water partition coefficient (Wildman–Crippen LogP) is 0.512. The number of nitrogens with one attached hydrogen (secondary N) is 2. The van der Waals surface area contributed by atoms with Crippen molar-refractivity contribution in [3.8, 4) is 0 Å². The van der Waals surface area contributed by atoms with Crippen LogP contribution in [0.25, 0.3) is 0 Å². The van der Waals surface area contributed by atoms with E-state index in [1.807, 2.05) is 18.2 Å². The van der Waals surface area contributed by atoms with Crippen LogP contribution in [-0.2, 0) is 9.59 Å². The molecule has 0 unspecified atom stereocenters. The summed E-state index contributed by atoms with van der Waals surface area (Å²) in [6.45, 7) is 0.250. The molecule has 0 saturated carbocycles. The summed E-state index contributed by atoms with van der Waals surface area (Å²) in [7, 11) is 0. The third-order valence-electron chi connectivity index (χ3n) is 1.88. The molecule has 0 radical (unpaired) electrons. The largest absolute Gasteiger partial charge is 0.347 e. The first-order chi connectivity index (χ1) is 7.72. The van der Waals surface area contributed by atoms with Crippen molar-refractivity contribution in [2.75, 3.05) is 18.4 Å². The minimum Gasteiger partial charge on any atom is -0.347 e. The average Bonchev–Trinajstić information content (AvgIpc) is 2.28. The molecule has 5 nitrogen and oxygen atoms in total. The van der Waals surface area contributed by atoms with Gasteiger partial charge in [0.2, 0.25) is 11.8 Å². The number of benzene rings is 1. The van der Waals surface area contributed by atoms with Crippen LogP contribution in [0.1, 0.15) is 6.42 Å². The van der Waals surface area contributed by atoms with Gasteiger partial charge in [-0.3, -0.25) is 9.59 Å². The average molecular weight is 258 g/mol. The van der Waals surface area contributed by atoms with Crippen molar-refractivity contribution in [2.24, 2.45) is 5.73 Å². The predicted molar refractivity (Wildman–Crippen MR) is 69.0 cm³/mol. The lowest BCUT2D eigenvalue weighted by Gasteiger charge is -2.06. The highest BCUT2D eigenvalue weighted by atomic mass is 35.5. The van der Waals surface area contributed by atoms with Crippen LogP contribution in [0.5, 0.6) is 0 Å². The molecule has 2 amide bonds. The van der Waals surface area contributed by atoms with Gasteiger partial charge in [0.05, 0.1) is 6.54 Å². The van der Waals surface area contributed by atoms with Crippen LogP contribution in [0, 0.1) is 0 Å². The second-order valence-electron chi connectivity index (χ2n) is 3.23. The minimum atomic E-state index is -0.253. The van der Waals surface area contributed by atoms with E-state index in [-0.39, 0.29) is 43.7 Å². The molecule has 1 rings (SSSR count). The number of para-hydroxylation sites is 1. The van der Waals surface area contributed by atoms with E-state index < -0.39 is 0 Å². The molecular formula is C11H16ClN3O2. The fourth-order valence-corrected chi connectivity index (χ4v) is 1.13. The number of hydrogen-bond donors (Lipinski definition) is 3. The van der Waals surface area contributed by atoms with Crippen LogP contribution < -0.4 is 16.4 Å². The van der Waals surface area contributed by atoms with Crippen LogP contribution in [0.2, 0.25) is 0 Å². The lowest BCUT2D eigenvalue weighted by Crippen LogP contribution is -2.33. The van der Waals surface area contributed by atoms with Gasteiger partial charge in [-0.05, 0) is 12.1 Å². The first-order valence-corrected chi connectivity index (χ1v) is 5.04. The van der Waals surface area contributed by atoms with Crippen molar-refractivity contribution >= 4 is 29.9 Å². The molecule has 0 aromatic heterocycles. The molecule has 0 bridgehead atoms. The standard InChI is InChI=1S/C11H15N3O2.ClH/c12-7-6-10(15)13-8-11(16)14-9-4-2-1-3-5-9;/h1-5H,6-8,12H2,(H,13,15)(H,14,16);1H. The Balaban J connectivity index is 0.00000256. The molecule has 0 aliphatic rings. The van der Waals surface area contributed by atoms with Crippen LogP contribution in [0.3, 0.4) is 0 Å². The molecule has 4 N–H and O–H groups in total. The van der Waals surface area contributed by atoms with E-state index in [0.717, 1.165) is 0 Å². The summed E-state index contributed by atoms with van der Waals surface area (Å²) < 4.78 is 0. The zero-order valence-corrected chi connectivity index (χ0v) is 10.1. The van der Waals surface area contributed by atoms with Gasteiger partial charge in [0.15, 0.2) is 0 Å². The van der Waals surface area contributed by atoms with Crippen LogP contribution in [0.15, 0.2) is 30.3 Å². The van der Waals surface area contributed by atoms with Gasteiger partial charge in [0.1, 0.15) is 0 Å². The van der Waals surface area contributed by atoms with E-state index in [1.165, 1.54) is 0 Å². The van der Waals surface area contributed by atoms with Crippen molar-refractivity contribution in [1.29, 1.82) is 0 Å². The molecule has 0 fully saturated rings. The number of rotatable bonds is 5. The van der Waals surface area contributed by atoms with Crippen molar-refractivity contribution in [3.05, 3.63) is 30.3 Å². The lowest BCUT2D eigenvalue weighted by atomic mass is 10.3. The third kappa shape index (κ3) is 6.55. The van der Waals surface area contributed by atoms with E-state index in [0.29, 0.717) is 5.69 Å². The molecule has 0 aliphatic carbocycles. The van der Waals surface area contributed by atoms with Crippen molar-refractivity contribution in [2.45, 2.75) is 6.42 Å². The maximum Gasteiger partial charge on any atom is 0.243 e. The van der Waals surface area contributed by atoms with Gasteiger partial charge in [-0.1, -0.05) is 18.2 Å². The SMILES string of the molecule is Cl.NCCC(=O)NCC(=O)Nc1ccccc1. The van der Waals surface area contributed by atoms with Crippen LogP contribution >= 0.6 is 12.4 Å². The summed E-state index contributed by atoms with van der Waals surface area (Å²) in [5.41, 5.74) is 5.91. The zero-order valence-electron chi connectivity index (χ0n) is 9.31. The van der Waals surface area contributed by atoms with E-state index in [4.69, 9.17) is 5.73 Å². The fourth-order valence-electron chi connectivity index (χ4n) is 1.13. The number of amides is 2. The van der Waals surface area contributed by atoms with Crippen LogP contribution in [0.4, 0.5) is 5.69 Å². The Morgan fingerprint density at radius 3 is 2.35 bits per heavy atom. The fraction of sp³-hybridized carbons (Fsp3) is 0.273. The Morgan fingerprint density at radius 1 is 1.12 bits per heavy atom. The summed E-state index contributed by atoms with van der Waals surface area (Å²) in [4.78, 5) is 22.4. The maximum atomic E-state index is 11.4. The number of carbonyl (C=O) groups is 2. The quantitative estimate of drug-likeness (QED) is 0.719. The number of hydrogen-bond acceptors (Lipinski definition) is 3. The molecule has 0 spiro atoms. The molecular weight excluding hydrogens is 242 g/mol.